The molecule has 136 valence electrons. The van der Waals surface area contributed by atoms with Gasteiger partial charge in [-0.3, -0.25) is 9.55 Å². The van der Waals surface area contributed by atoms with Crippen LogP contribution < -0.4 is 0 Å². The van der Waals surface area contributed by atoms with Gasteiger partial charge < -0.3 is 0 Å². The zero-order chi connectivity index (χ0) is 18.8. The highest BCUT2D eigenvalue weighted by Crippen LogP contribution is 2.32. The van der Waals surface area contributed by atoms with Crippen LogP contribution >= 0.6 is 34.7 Å². The molecule has 3 aromatic heterocycles. The van der Waals surface area contributed by atoms with Gasteiger partial charge in [0, 0.05) is 34.1 Å². The number of halogens is 1. The van der Waals surface area contributed by atoms with Crippen molar-refractivity contribution in [3.05, 3.63) is 69.4 Å². The fraction of sp³-hybridized carbons (Fsp3) is 0.158. The van der Waals surface area contributed by atoms with E-state index in [-0.39, 0.29) is 0 Å². The number of hydrogen-bond donors (Lipinski definition) is 0. The van der Waals surface area contributed by atoms with E-state index < -0.39 is 0 Å². The van der Waals surface area contributed by atoms with Gasteiger partial charge in [-0.15, -0.1) is 21.5 Å². The van der Waals surface area contributed by atoms with Crippen molar-refractivity contribution in [2.45, 2.75) is 24.8 Å². The Labute approximate surface area is 170 Å². The summed E-state index contributed by atoms with van der Waals surface area (Å²) < 4.78 is 2.06. The molecule has 0 radical (unpaired) electrons. The summed E-state index contributed by atoms with van der Waals surface area (Å²) in [6.45, 7) is 4.02. The lowest BCUT2D eigenvalue weighted by molar-refractivity contribution is 0.879. The van der Waals surface area contributed by atoms with Gasteiger partial charge in [0.2, 0.25) is 0 Å². The van der Waals surface area contributed by atoms with E-state index >= 15 is 0 Å². The molecule has 1 aromatic carbocycles. The second-order valence-electron chi connectivity index (χ2n) is 5.91. The number of pyridine rings is 1. The van der Waals surface area contributed by atoms with Crippen molar-refractivity contribution in [1.29, 1.82) is 0 Å². The Kier molecular flexibility index (Phi) is 5.24. The molecular weight excluding hydrogens is 398 g/mol. The SMILES string of the molecule is Cc1nc(CSc2nnc(-c3ccncc3)n2-c2cccc(Cl)c2C)cs1. The molecule has 0 spiro atoms. The number of benzene rings is 1. The lowest BCUT2D eigenvalue weighted by Crippen LogP contribution is -2.02. The van der Waals surface area contributed by atoms with Crippen LogP contribution in [0, 0.1) is 13.8 Å². The van der Waals surface area contributed by atoms with E-state index in [1.807, 2.05) is 44.2 Å². The Balaban J connectivity index is 1.79. The van der Waals surface area contributed by atoms with Gasteiger partial charge >= 0.3 is 0 Å². The highest BCUT2D eigenvalue weighted by molar-refractivity contribution is 7.98. The highest BCUT2D eigenvalue weighted by Gasteiger charge is 2.18. The van der Waals surface area contributed by atoms with E-state index in [0.29, 0.717) is 5.02 Å². The number of thiazole rings is 1. The zero-order valence-electron chi connectivity index (χ0n) is 14.8. The van der Waals surface area contributed by atoms with Crippen molar-refractivity contribution >= 4 is 34.7 Å². The van der Waals surface area contributed by atoms with Gasteiger partial charge in [0.15, 0.2) is 11.0 Å². The van der Waals surface area contributed by atoms with Crippen molar-refractivity contribution in [1.82, 2.24) is 24.7 Å². The van der Waals surface area contributed by atoms with Crippen LogP contribution in [0.25, 0.3) is 17.1 Å². The topological polar surface area (TPSA) is 56.5 Å². The first kappa shape index (κ1) is 18.2. The molecule has 5 nitrogen and oxygen atoms in total. The number of aromatic nitrogens is 5. The van der Waals surface area contributed by atoms with Crippen LogP contribution in [-0.4, -0.2) is 24.7 Å². The monoisotopic (exact) mass is 413 g/mol. The van der Waals surface area contributed by atoms with E-state index in [4.69, 9.17) is 11.6 Å². The summed E-state index contributed by atoms with van der Waals surface area (Å²) in [4.78, 5) is 8.63. The van der Waals surface area contributed by atoms with E-state index in [9.17, 15) is 0 Å². The molecule has 0 aliphatic rings. The van der Waals surface area contributed by atoms with E-state index in [1.54, 1.807) is 35.5 Å². The summed E-state index contributed by atoms with van der Waals surface area (Å²) >= 11 is 9.65. The standard InChI is InChI=1S/C19H16ClN5S2/c1-12-16(20)4-3-5-17(12)25-18(14-6-8-21-9-7-14)23-24-19(25)27-11-15-10-26-13(2)22-15/h3-10H,11H2,1-2H3. The normalized spacial score (nSPS) is 11.1. The van der Waals surface area contributed by atoms with Crippen LogP contribution in [0.4, 0.5) is 0 Å². The predicted molar refractivity (Wildman–Crippen MR) is 111 cm³/mol. The maximum atomic E-state index is 6.38. The third kappa shape index (κ3) is 3.76. The molecule has 0 fully saturated rings. The molecule has 0 aliphatic carbocycles. The number of aryl methyl sites for hydroxylation is 1. The van der Waals surface area contributed by atoms with Crippen LogP contribution in [0.2, 0.25) is 5.02 Å². The largest absolute Gasteiger partial charge is 0.270 e. The molecule has 27 heavy (non-hydrogen) atoms. The average Bonchev–Trinajstić information content (AvgIpc) is 3.29. The van der Waals surface area contributed by atoms with Crippen molar-refractivity contribution in [3.8, 4) is 17.1 Å². The molecule has 0 aliphatic heterocycles. The molecule has 4 rings (SSSR count). The van der Waals surface area contributed by atoms with Gasteiger partial charge in [-0.05, 0) is 43.7 Å². The number of thioether (sulfide) groups is 1. The summed E-state index contributed by atoms with van der Waals surface area (Å²) in [5.74, 6) is 1.50. The van der Waals surface area contributed by atoms with Gasteiger partial charge in [0.25, 0.3) is 0 Å². The molecule has 0 bridgehead atoms. The molecule has 0 amide bonds. The molecular formula is C19H16ClN5S2. The fourth-order valence-corrected chi connectivity index (χ4v) is 4.44. The number of hydrogen-bond acceptors (Lipinski definition) is 6. The first-order chi connectivity index (χ1) is 13.1. The van der Waals surface area contributed by atoms with Gasteiger partial charge in [-0.2, -0.15) is 0 Å². The predicted octanol–water partition coefficient (Wildman–Crippen LogP) is 5.35. The van der Waals surface area contributed by atoms with E-state index in [2.05, 4.69) is 30.1 Å². The third-order valence-electron chi connectivity index (χ3n) is 4.07. The minimum absolute atomic E-state index is 0.716. The van der Waals surface area contributed by atoms with E-state index in [1.165, 1.54) is 0 Å². The fourth-order valence-electron chi connectivity index (χ4n) is 2.72. The second kappa shape index (κ2) is 7.80. The summed E-state index contributed by atoms with van der Waals surface area (Å²) in [5.41, 5.74) is 3.95. The molecule has 4 aromatic rings. The Morgan fingerprint density at radius 1 is 1.11 bits per heavy atom. The summed E-state index contributed by atoms with van der Waals surface area (Å²) in [5, 5.41) is 13.6. The Hall–Kier alpha value is -2.22. The van der Waals surface area contributed by atoms with Crippen LogP contribution in [0.3, 0.4) is 0 Å². The second-order valence-corrected chi connectivity index (χ2v) is 8.32. The molecule has 0 saturated carbocycles. The highest BCUT2D eigenvalue weighted by atomic mass is 35.5. The Morgan fingerprint density at radius 3 is 2.67 bits per heavy atom. The third-order valence-corrected chi connectivity index (χ3v) is 6.26. The van der Waals surface area contributed by atoms with Gasteiger partial charge in [0.05, 0.1) is 16.4 Å². The summed E-state index contributed by atoms with van der Waals surface area (Å²) in [6, 6.07) is 9.73. The maximum absolute atomic E-state index is 6.38. The van der Waals surface area contributed by atoms with Crippen molar-refractivity contribution in [2.75, 3.05) is 0 Å². The zero-order valence-corrected chi connectivity index (χ0v) is 17.1. The molecule has 0 atom stereocenters. The maximum Gasteiger partial charge on any atom is 0.196 e. The van der Waals surface area contributed by atoms with Crippen LogP contribution in [0.1, 0.15) is 16.3 Å². The number of rotatable bonds is 5. The van der Waals surface area contributed by atoms with Crippen molar-refractivity contribution in [2.24, 2.45) is 0 Å². The lowest BCUT2D eigenvalue weighted by atomic mass is 10.2. The average molecular weight is 414 g/mol. The van der Waals surface area contributed by atoms with E-state index in [0.717, 1.165) is 44.2 Å². The smallest absolute Gasteiger partial charge is 0.196 e. The quantitative estimate of drug-likeness (QED) is 0.413. The molecule has 8 heteroatoms. The van der Waals surface area contributed by atoms with Crippen LogP contribution in [0.5, 0.6) is 0 Å². The Morgan fingerprint density at radius 2 is 1.93 bits per heavy atom. The van der Waals surface area contributed by atoms with Gasteiger partial charge in [-0.25, -0.2) is 4.98 Å². The van der Waals surface area contributed by atoms with Gasteiger partial charge in [-0.1, -0.05) is 29.4 Å². The summed E-state index contributed by atoms with van der Waals surface area (Å²) in [7, 11) is 0. The first-order valence-electron chi connectivity index (χ1n) is 8.28. The lowest BCUT2D eigenvalue weighted by Gasteiger charge is -2.13. The van der Waals surface area contributed by atoms with Crippen LogP contribution in [-0.2, 0) is 5.75 Å². The number of nitrogens with zero attached hydrogens (tertiary/aromatic N) is 5. The molecule has 0 unspecified atom stereocenters. The minimum atomic E-state index is 0.716. The molecule has 0 saturated heterocycles. The Bertz CT molecular complexity index is 1070. The first-order valence-corrected chi connectivity index (χ1v) is 10.5. The van der Waals surface area contributed by atoms with Crippen LogP contribution in [0.15, 0.2) is 53.3 Å². The van der Waals surface area contributed by atoms with Crippen molar-refractivity contribution in [3.63, 3.8) is 0 Å². The van der Waals surface area contributed by atoms with Gasteiger partial charge in [0.1, 0.15) is 0 Å². The van der Waals surface area contributed by atoms with Crippen molar-refractivity contribution < 1.29 is 0 Å². The molecule has 3 heterocycles. The minimum Gasteiger partial charge on any atom is -0.270 e. The molecule has 0 N–H and O–H groups in total. The summed E-state index contributed by atoms with van der Waals surface area (Å²) in [6.07, 6.45) is 3.51.